The zero-order chi connectivity index (χ0) is 10.6. The third-order valence-corrected chi connectivity index (χ3v) is 2.24. The van der Waals surface area contributed by atoms with Gasteiger partial charge < -0.3 is 4.74 Å². The van der Waals surface area contributed by atoms with Crippen molar-refractivity contribution in [2.45, 2.75) is 20.0 Å². The van der Waals surface area contributed by atoms with Gasteiger partial charge in [0.2, 0.25) is 0 Å². The van der Waals surface area contributed by atoms with Crippen molar-refractivity contribution in [1.82, 2.24) is 0 Å². The Labute approximate surface area is 88.8 Å². The van der Waals surface area contributed by atoms with E-state index in [2.05, 4.69) is 0 Å². The van der Waals surface area contributed by atoms with E-state index in [0.29, 0.717) is 12.2 Å². The predicted molar refractivity (Wildman–Crippen MR) is 56.7 cm³/mol. The van der Waals surface area contributed by atoms with Crippen LogP contribution in [-0.2, 0) is 4.74 Å². The van der Waals surface area contributed by atoms with E-state index in [4.69, 9.17) is 16.3 Å². The summed E-state index contributed by atoms with van der Waals surface area (Å²) in [5, 5.41) is -0.430. The highest BCUT2D eigenvalue weighted by Gasteiger charge is 2.06. The SMILES string of the molecule is CCOC(C)c1ccc(C(=O)Cl)cc1. The molecule has 1 atom stereocenters. The molecule has 0 N–H and O–H groups in total. The predicted octanol–water partition coefficient (Wildman–Crippen LogP) is 3.16. The van der Waals surface area contributed by atoms with Crippen LogP contribution in [0.3, 0.4) is 0 Å². The Morgan fingerprint density at radius 3 is 2.43 bits per heavy atom. The fourth-order valence-electron chi connectivity index (χ4n) is 1.23. The fraction of sp³-hybridized carbons (Fsp3) is 0.364. The van der Waals surface area contributed by atoms with Gasteiger partial charge in [-0.25, -0.2) is 0 Å². The standard InChI is InChI=1S/C11H13ClO2/c1-3-14-8(2)9-4-6-10(7-5-9)11(12)13/h4-8H,3H2,1-2H3. The molecular formula is C11H13ClO2. The van der Waals surface area contributed by atoms with Gasteiger partial charge in [0.15, 0.2) is 0 Å². The summed E-state index contributed by atoms with van der Waals surface area (Å²) in [6.45, 7) is 4.60. The lowest BCUT2D eigenvalue weighted by atomic mass is 10.1. The van der Waals surface area contributed by atoms with Crippen LogP contribution in [0.2, 0.25) is 0 Å². The van der Waals surface area contributed by atoms with Gasteiger partial charge in [-0.2, -0.15) is 0 Å². The molecule has 0 aliphatic rings. The molecule has 0 saturated heterocycles. The maximum Gasteiger partial charge on any atom is 0.252 e. The van der Waals surface area contributed by atoms with Crippen LogP contribution in [0.25, 0.3) is 0 Å². The summed E-state index contributed by atoms with van der Waals surface area (Å²) in [6.07, 6.45) is 0.0551. The smallest absolute Gasteiger partial charge is 0.252 e. The lowest BCUT2D eigenvalue weighted by molar-refractivity contribution is 0.0763. The van der Waals surface area contributed by atoms with Gasteiger partial charge in [0.1, 0.15) is 0 Å². The second-order valence-electron chi connectivity index (χ2n) is 2.99. The van der Waals surface area contributed by atoms with Crippen molar-refractivity contribution in [2.24, 2.45) is 0 Å². The van der Waals surface area contributed by atoms with Gasteiger partial charge in [-0.1, -0.05) is 12.1 Å². The Bertz CT molecular complexity index is 306. The largest absolute Gasteiger partial charge is 0.374 e. The molecule has 1 aromatic carbocycles. The molecule has 0 bridgehead atoms. The molecule has 0 fully saturated rings. The van der Waals surface area contributed by atoms with Crippen LogP contribution in [-0.4, -0.2) is 11.8 Å². The fourth-order valence-corrected chi connectivity index (χ4v) is 1.36. The Balaban J connectivity index is 2.77. The Morgan fingerprint density at radius 2 is 2.00 bits per heavy atom. The summed E-state index contributed by atoms with van der Waals surface area (Å²) in [7, 11) is 0. The van der Waals surface area contributed by atoms with E-state index in [-0.39, 0.29) is 6.10 Å². The Hall–Kier alpha value is -0.860. The number of hydrogen-bond donors (Lipinski definition) is 0. The molecule has 0 spiro atoms. The third-order valence-electron chi connectivity index (χ3n) is 2.02. The third kappa shape index (κ3) is 2.82. The van der Waals surface area contributed by atoms with Crippen LogP contribution in [0, 0.1) is 0 Å². The van der Waals surface area contributed by atoms with Gasteiger partial charge in [-0.05, 0) is 43.1 Å². The number of carbonyl (C=O) groups is 1. The van der Waals surface area contributed by atoms with Crippen LogP contribution >= 0.6 is 11.6 Å². The minimum absolute atomic E-state index is 0.0551. The van der Waals surface area contributed by atoms with Gasteiger partial charge >= 0.3 is 0 Å². The molecule has 0 heterocycles. The van der Waals surface area contributed by atoms with Crippen molar-refractivity contribution in [3.8, 4) is 0 Å². The lowest BCUT2D eigenvalue weighted by Gasteiger charge is -2.11. The Morgan fingerprint density at radius 1 is 1.43 bits per heavy atom. The molecule has 0 saturated carbocycles. The van der Waals surface area contributed by atoms with E-state index in [1.807, 2.05) is 26.0 Å². The van der Waals surface area contributed by atoms with Gasteiger partial charge in [0.05, 0.1) is 6.10 Å². The van der Waals surface area contributed by atoms with Gasteiger partial charge in [0.25, 0.3) is 5.24 Å². The summed E-state index contributed by atoms with van der Waals surface area (Å²) >= 11 is 5.33. The molecule has 76 valence electrons. The number of carbonyl (C=O) groups excluding carboxylic acids is 1. The van der Waals surface area contributed by atoms with Crippen molar-refractivity contribution in [3.05, 3.63) is 35.4 Å². The summed E-state index contributed by atoms with van der Waals surface area (Å²) in [5.41, 5.74) is 1.56. The molecule has 14 heavy (non-hydrogen) atoms. The van der Waals surface area contributed by atoms with Gasteiger partial charge in [-0.3, -0.25) is 4.79 Å². The van der Waals surface area contributed by atoms with Crippen molar-refractivity contribution >= 4 is 16.8 Å². The summed E-state index contributed by atoms with van der Waals surface area (Å²) in [4.78, 5) is 10.8. The summed E-state index contributed by atoms with van der Waals surface area (Å²) in [5.74, 6) is 0. The van der Waals surface area contributed by atoms with Crippen molar-refractivity contribution in [2.75, 3.05) is 6.61 Å². The zero-order valence-corrected chi connectivity index (χ0v) is 9.04. The number of rotatable bonds is 4. The van der Waals surface area contributed by atoms with Crippen LogP contribution in [0.15, 0.2) is 24.3 Å². The van der Waals surface area contributed by atoms with Crippen LogP contribution in [0.4, 0.5) is 0 Å². The molecule has 1 rings (SSSR count). The highest BCUT2D eigenvalue weighted by molar-refractivity contribution is 6.67. The number of ether oxygens (including phenoxy) is 1. The highest BCUT2D eigenvalue weighted by Crippen LogP contribution is 2.17. The molecule has 1 unspecified atom stereocenters. The van der Waals surface area contributed by atoms with Crippen molar-refractivity contribution in [1.29, 1.82) is 0 Å². The first-order chi connectivity index (χ1) is 6.65. The van der Waals surface area contributed by atoms with Crippen molar-refractivity contribution < 1.29 is 9.53 Å². The van der Waals surface area contributed by atoms with Gasteiger partial charge in [-0.15, -0.1) is 0 Å². The molecule has 1 aromatic rings. The van der Waals surface area contributed by atoms with Crippen molar-refractivity contribution in [3.63, 3.8) is 0 Å². The average molecular weight is 213 g/mol. The van der Waals surface area contributed by atoms with Crippen LogP contribution in [0.5, 0.6) is 0 Å². The minimum atomic E-state index is -0.430. The first kappa shape index (κ1) is 11.2. The molecule has 0 aliphatic heterocycles. The van der Waals surface area contributed by atoms with Gasteiger partial charge in [0, 0.05) is 12.2 Å². The van der Waals surface area contributed by atoms with E-state index in [0.717, 1.165) is 5.56 Å². The molecule has 2 nitrogen and oxygen atoms in total. The quantitative estimate of drug-likeness (QED) is 0.717. The topological polar surface area (TPSA) is 26.3 Å². The monoisotopic (exact) mass is 212 g/mol. The Kier molecular flexibility index (Phi) is 4.11. The highest BCUT2D eigenvalue weighted by atomic mass is 35.5. The van der Waals surface area contributed by atoms with E-state index < -0.39 is 5.24 Å². The first-order valence-corrected chi connectivity index (χ1v) is 4.94. The molecule has 0 radical (unpaired) electrons. The second-order valence-corrected chi connectivity index (χ2v) is 3.34. The van der Waals surface area contributed by atoms with E-state index in [1.165, 1.54) is 0 Å². The lowest BCUT2D eigenvalue weighted by Crippen LogP contribution is -1.99. The maximum absolute atomic E-state index is 10.8. The van der Waals surface area contributed by atoms with Crippen LogP contribution in [0.1, 0.15) is 35.9 Å². The van der Waals surface area contributed by atoms with E-state index >= 15 is 0 Å². The van der Waals surface area contributed by atoms with E-state index in [9.17, 15) is 4.79 Å². The summed E-state index contributed by atoms with van der Waals surface area (Å²) < 4.78 is 5.41. The second kappa shape index (κ2) is 5.13. The molecule has 0 aromatic heterocycles. The summed E-state index contributed by atoms with van der Waals surface area (Å²) in [6, 6.07) is 7.13. The van der Waals surface area contributed by atoms with Crippen LogP contribution < -0.4 is 0 Å². The molecular weight excluding hydrogens is 200 g/mol. The normalized spacial score (nSPS) is 12.5. The molecule has 3 heteroatoms. The number of halogens is 1. The number of hydrogen-bond acceptors (Lipinski definition) is 2. The zero-order valence-electron chi connectivity index (χ0n) is 8.29. The van der Waals surface area contributed by atoms with E-state index in [1.54, 1.807) is 12.1 Å². The maximum atomic E-state index is 10.8. The number of benzene rings is 1. The first-order valence-electron chi connectivity index (χ1n) is 4.56. The average Bonchev–Trinajstić information content (AvgIpc) is 2.18. The molecule has 0 amide bonds. The minimum Gasteiger partial charge on any atom is -0.374 e. The molecule has 0 aliphatic carbocycles.